The monoisotopic (exact) mass is 311 g/mol. The molecule has 0 radical (unpaired) electrons. The summed E-state index contributed by atoms with van der Waals surface area (Å²) in [6.07, 6.45) is 0. The third kappa shape index (κ3) is 3.36. The van der Waals surface area contributed by atoms with Gasteiger partial charge in [-0.2, -0.15) is 0 Å². The van der Waals surface area contributed by atoms with Crippen LogP contribution < -0.4 is 0 Å². The lowest BCUT2D eigenvalue weighted by molar-refractivity contribution is 1.43. The highest BCUT2D eigenvalue weighted by Gasteiger charge is 2.11. The van der Waals surface area contributed by atoms with Crippen LogP contribution in [0.25, 0.3) is 16.7 Å². The third-order valence-corrected chi connectivity index (χ3v) is 4.03. The first-order valence-corrected chi connectivity index (χ1v) is 8.12. The molecule has 0 aliphatic heterocycles. The highest BCUT2D eigenvalue weighted by atomic mass is 14.7. The molecular formula is C23H21N. The topological polar surface area (TPSA) is 12.4 Å². The summed E-state index contributed by atoms with van der Waals surface area (Å²) in [6, 6.07) is 26.9. The zero-order valence-corrected chi connectivity index (χ0v) is 14.2. The van der Waals surface area contributed by atoms with Crippen molar-refractivity contribution in [1.29, 1.82) is 0 Å². The lowest BCUT2D eigenvalue weighted by Gasteiger charge is -2.13. The molecular weight excluding hydrogens is 290 g/mol. The number of hydrogen-bond donors (Lipinski definition) is 0. The van der Waals surface area contributed by atoms with E-state index in [0.717, 1.165) is 28.1 Å². The zero-order valence-electron chi connectivity index (χ0n) is 14.2. The maximum Gasteiger partial charge on any atom is 0.0714 e. The summed E-state index contributed by atoms with van der Waals surface area (Å²) in [4.78, 5) is 4.89. The molecule has 0 atom stereocenters. The van der Waals surface area contributed by atoms with E-state index >= 15 is 0 Å². The van der Waals surface area contributed by atoms with Crippen LogP contribution in [0, 0.1) is 0 Å². The van der Waals surface area contributed by atoms with E-state index in [1.165, 1.54) is 11.1 Å². The van der Waals surface area contributed by atoms with Gasteiger partial charge in [-0.25, -0.2) is 0 Å². The van der Waals surface area contributed by atoms with E-state index in [1.807, 2.05) is 38.1 Å². The average Bonchev–Trinajstić information content (AvgIpc) is 2.62. The molecule has 0 spiro atoms. The van der Waals surface area contributed by atoms with Gasteiger partial charge in [-0.1, -0.05) is 79.4 Å². The molecule has 0 N–H and O–H groups in total. The van der Waals surface area contributed by atoms with E-state index in [0.29, 0.717) is 0 Å². The molecule has 0 saturated heterocycles. The Morgan fingerprint density at radius 3 is 2.00 bits per heavy atom. The molecule has 0 bridgehead atoms. The highest BCUT2D eigenvalue weighted by Crippen LogP contribution is 2.35. The van der Waals surface area contributed by atoms with E-state index < -0.39 is 0 Å². The highest BCUT2D eigenvalue weighted by molar-refractivity contribution is 6.01. The van der Waals surface area contributed by atoms with E-state index in [9.17, 15) is 0 Å². The van der Waals surface area contributed by atoms with Crippen molar-refractivity contribution in [1.82, 2.24) is 0 Å². The van der Waals surface area contributed by atoms with Crippen LogP contribution in [0.15, 0.2) is 90.4 Å². The van der Waals surface area contributed by atoms with Crippen LogP contribution in [0.1, 0.15) is 25.0 Å². The smallest absolute Gasteiger partial charge is 0.0714 e. The van der Waals surface area contributed by atoms with Gasteiger partial charge in [-0.05, 0) is 42.2 Å². The lowest BCUT2D eigenvalue weighted by atomic mass is 9.94. The van der Waals surface area contributed by atoms with Crippen LogP contribution in [0.5, 0.6) is 0 Å². The van der Waals surface area contributed by atoms with Crippen molar-refractivity contribution in [2.75, 3.05) is 0 Å². The molecule has 24 heavy (non-hydrogen) atoms. The van der Waals surface area contributed by atoms with Gasteiger partial charge in [0, 0.05) is 11.3 Å². The summed E-state index contributed by atoms with van der Waals surface area (Å²) in [5, 5.41) is 0. The number of allylic oxidation sites excluding steroid dienone is 1. The van der Waals surface area contributed by atoms with Crippen molar-refractivity contribution in [2.24, 2.45) is 4.99 Å². The second kappa shape index (κ2) is 7.10. The van der Waals surface area contributed by atoms with Crippen molar-refractivity contribution in [3.05, 3.63) is 96.6 Å². The minimum Gasteiger partial charge on any atom is -0.252 e. The second-order valence-corrected chi connectivity index (χ2v) is 5.91. The fourth-order valence-corrected chi connectivity index (χ4v) is 2.86. The van der Waals surface area contributed by atoms with Crippen molar-refractivity contribution in [3.8, 4) is 11.1 Å². The SMILES string of the molecule is C=C(C)c1c(N=C(C)c2ccccc2)cccc1-c1ccccc1. The Hall–Kier alpha value is -2.93. The molecule has 0 unspecified atom stereocenters. The quantitative estimate of drug-likeness (QED) is 0.486. The van der Waals surface area contributed by atoms with Crippen molar-refractivity contribution >= 4 is 17.0 Å². The molecule has 0 aromatic heterocycles. The fraction of sp³-hybridized carbons (Fsp3) is 0.0870. The van der Waals surface area contributed by atoms with E-state index in [-0.39, 0.29) is 0 Å². The molecule has 3 aromatic carbocycles. The Bertz CT molecular complexity index is 874. The first-order chi connectivity index (χ1) is 11.7. The predicted molar refractivity (Wildman–Crippen MR) is 105 cm³/mol. The third-order valence-electron chi connectivity index (χ3n) is 4.03. The van der Waals surface area contributed by atoms with Crippen molar-refractivity contribution in [3.63, 3.8) is 0 Å². The van der Waals surface area contributed by atoms with Crippen LogP contribution in [0.2, 0.25) is 0 Å². The number of rotatable bonds is 4. The predicted octanol–water partition coefficient (Wildman–Crippen LogP) is 6.53. The van der Waals surface area contributed by atoms with E-state index in [2.05, 4.69) is 61.2 Å². The molecule has 0 heterocycles. The van der Waals surface area contributed by atoms with Gasteiger partial charge in [0.2, 0.25) is 0 Å². The summed E-state index contributed by atoms with van der Waals surface area (Å²) in [7, 11) is 0. The summed E-state index contributed by atoms with van der Waals surface area (Å²) < 4.78 is 0. The molecule has 3 rings (SSSR count). The van der Waals surface area contributed by atoms with Crippen molar-refractivity contribution < 1.29 is 0 Å². The first-order valence-electron chi connectivity index (χ1n) is 8.12. The van der Waals surface area contributed by atoms with Gasteiger partial charge in [0.1, 0.15) is 0 Å². The molecule has 1 heteroatoms. The van der Waals surface area contributed by atoms with Crippen LogP contribution in [-0.4, -0.2) is 5.71 Å². The largest absolute Gasteiger partial charge is 0.252 e. The normalized spacial score (nSPS) is 11.3. The number of hydrogen-bond acceptors (Lipinski definition) is 1. The summed E-state index contributed by atoms with van der Waals surface area (Å²) >= 11 is 0. The van der Waals surface area contributed by atoms with Gasteiger partial charge in [0.05, 0.1) is 5.69 Å². The maximum atomic E-state index is 4.89. The molecule has 118 valence electrons. The Kier molecular flexibility index (Phi) is 4.72. The molecule has 0 aliphatic rings. The van der Waals surface area contributed by atoms with Gasteiger partial charge in [0.25, 0.3) is 0 Å². The molecule has 0 saturated carbocycles. The summed E-state index contributed by atoms with van der Waals surface area (Å²) in [5.41, 5.74) is 7.59. The Morgan fingerprint density at radius 2 is 1.38 bits per heavy atom. The van der Waals surface area contributed by atoms with Crippen LogP contribution in [0.4, 0.5) is 5.69 Å². The van der Waals surface area contributed by atoms with Crippen LogP contribution in [-0.2, 0) is 0 Å². The van der Waals surface area contributed by atoms with Gasteiger partial charge < -0.3 is 0 Å². The van der Waals surface area contributed by atoms with Crippen LogP contribution in [0.3, 0.4) is 0 Å². The molecule has 0 amide bonds. The van der Waals surface area contributed by atoms with Gasteiger partial charge in [-0.15, -0.1) is 0 Å². The van der Waals surface area contributed by atoms with E-state index in [4.69, 9.17) is 4.99 Å². The zero-order chi connectivity index (χ0) is 16.9. The summed E-state index contributed by atoms with van der Waals surface area (Å²) in [5.74, 6) is 0. The van der Waals surface area contributed by atoms with E-state index in [1.54, 1.807) is 0 Å². The Labute approximate surface area is 144 Å². The average molecular weight is 311 g/mol. The minimum atomic E-state index is 0.963. The fourth-order valence-electron chi connectivity index (χ4n) is 2.86. The standard InChI is InChI=1S/C23H21N/c1-17(2)23-21(20-13-8-5-9-14-20)15-10-16-22(23)24-18(3)19-11-6-4-7-12-19/h4-16H,1H2,2-3H3. The lowest BCUT2D eigenvalue weighted by Crippen LogP contribution is -1.95. The van der Waals surface area contributed by atoms with Crippen molar-refractivity contribution in [2.45, 2.75) is 13.8 Å². The number of nitrogens with zero attached hydrogens (tertiary/aromatic N) is 1. The second-order valence-electron chi connectivity index (χ2n) is 5.91. The Morgan fingerprint density at radius 1 is 0.750 bits per heavy atom. The first kappa shape index (κ1) is 15.9. The maximum absolute atomic E-state index is 4.89. The summed E-state index contributed by atoms with van der Waals surface area (Å²) in [6.45, 7) is 8.27. The number of benzene rings is 3. The van der Waals surface area contributed by atoms with Gasteiger partial charge in [-0.3, -0.25) is 4.99 Å². The minimum absolute atomic E-state index is 0.963. The van der Waals surface area contributed by atoms with Crippen LogP contribution >= 0.6 is 0 Å². The molecule has 0 aliphatic carbocycles. The molecule has 1 nitrogen and oxygen atoms in total. The van der Waals surface area contributed by atoms with Gasteiger partial charge in [0.15, 0.2) is 0 Å². The molecule has 0 fully saturated rings. The number of aliphatic imine (C=N–C) groups is 1. The van der Waals surface area contributed by atoms with Gasteiger partial charge >= 0.3 is 0 Å². The molecule has 3 aromatic rings. The Balaban J connectivity index is 2.14.